The first-order valence-electron chi connectivity index (χ1n) is 5.09. The van der Waals surface area contributed by atoms with Crippen LogP contribution in [0, 0.1) is 5.92 Å². The molecule has 1 aromatic rings. The minimum absolute atomic E-state index is 0.0394. The van der Waals surface area contributed by atoms with E-state index in [0.29, 0.717) is 6.61 Å². The molecule has 2 N–H and O–H groups in total. The second kappa shape index (κ2) is 6.17. The molecule has 90 valence electrons. The summed E-state index contributed by atoms with van der Waals surface area (Å²) >= 11 is 0. The highest BCUT2D eigenvalue weighted by Crippen LogP contribution is 2.25. The molecule has 5 nitrogen and oxygen atoms in total. The predicted molar refractivity (Wildman–Crippen MR) is 58.0 cm³/mol. The van der Waals surface area contributed by atoms with Gasteiger partial charge in [0.15, 0.2) is 0 Å². The van der Waals surface area contributed by atoms with Crippen molar-refractivity contribution < 1.29 is 18.7 Å². The minimum atomic E-state index is -0.777. The molecule has 0 fully saturated rings. The number of furan rings is 1. The minimum Gasteiger partial charge on any atom is -0.469 e. The lowest BCUT2D eigenvalue weighted by atomic mass is 9.93. The fraction of sp³-hybridized carbons (Fsp3) is 0.545. The molecule has 0 aliphatic heterocycles. The van der Waals surface area contributed by atoms with Crippen molar-refractivity contribution in [2.45, 2.75) is 12.8 Å². The van der Waals surface area contributed by atoms with Crippen LogP contribution in [0.3, 0.4) is 0 Å². The maximum absolute atomic E-state index is 10.6. The lowest BCUT2D eigenvalue weighted by Gasteiger charge is -2.20. The first-order chi connectivity index (χ1) is 7.65. The number of hydrogen-bond acceptors (Lipinski definition) is 4. The Morgan fingerprint density at radius 3 is 2.81 bits per heavy atom. The fourth-order valence-corrected chi connectivity index (χ4v) is 1.58. The van der Waals surface area contributed by atoms with Gasteiger partial charge >= 0.3 is 6.09 Å². The van der Waals surface area contributed by atoms with Crippen LogP contribution in [0.2, 0.25) is 0 Å². The van der Waals surface area contributed by atoms with E-state index in [2.05, 4.69) is 0 Å². The Morgan fingerprint density at radius 2 is 2.31 bits per heavy atom. The smallest absolute Gasteiger partial charge is 0.404 e. The van der Waals surface area contributed by atoms with Crippen molar-refractivity contribution in [1.82, 2.24) is 0 Å². The first-order valence-corrected chi connectivity index (χ1v) is 5.09. The average molecular weight is 227 g/mol. The van der Waals surface area contributed by atoms with E-state index in [9.17, 15) is 4.79 Å². The van der Waals surface area contributed by atoms with Crippen LogP contribution in [0.1, 0.15) is 18.6 Å². The highest BCUT2D eigenvalue weighted by Gasteiger charge is 2.23. The van der Waals surface area contributed by atoms with E-state index in [-0.39, 0.29) is 18.4 Å². The Hall–Kier alpha value is -1.49. The number of hydrogen-bond donors (Lipinski definition) is 1. The van der Waals surface area contributed by atoms with Crippen LogP contribution in [-0.2, 0) is 9.47 Å². The molecule has 0 spiro atoms. The lowest BCUT2D eigenvalue weighted by Crippen LogP contribution is -2.23. The zero-order chi connectivity index (χ0) is 12.0. The molecule has 0 bridgehead atoms. The number of methoxy groups -OCH3 is 1. The summed E-state index contributed by atoms with van der Waals surface area (Å²) in [5, 5.41) is 0. The third-order valence-corrected chi connectivity index (χ3v) is 2.43. The highest BCUT2D eigenvalue weighted by atomic mass is 16.5. The zero-order valence-corrected chi connectivity index (χ0v) is 9.51. The second-order valence-electron chi connectivity index (χ2n) is 3.68. The fourth-order valence-electron chi connectivity index (χ4n) is 1.58. The van der Waals surface area contributed by atoms with E-state index in [1.54, 1.807) is 19.4 Å². The van der Waals surface area contributed by atoms with Crippen molar-refractivity contribution in [3.8, 4) is 0 Å². The van der Waals surface area contributed by atoms with Crippen LogP contribution < -0.4 is 5.73 Å². The molecule has 16 heavy (non-hydrogen) atoms. The maximum atomic E-state index is 10.6. The van der Waals surface area contributed by atoms with Gasteiger partial charge in [0.2, 0.25) is 0 Å². The summed E-state index contributed by atoms with van der Waals surface area (Å²) in [4.78, 5) is 10.6. The number of rotatable bonds is 6. The van der Waals surface area contributed by atoms with Gasteiger partial charge in [-0.3, -0.25) is 0 Å². The molecule has 0 saturated carbocycles. The molecule has 1 rings (SSSR count). The first kappa shape index (κ1) is 12.6. The third-order valence-electron chi connectivity index (χ3n) is 2.43. The summed E-state index contributed by atoms with van der Waals surface area (Å²) in [5.74, 6) is 0.906. The van der Waals surface area contributed by atoms with E-state index in [1.165, 1.54) is 0 Å². The van der Waals surface area contributed by atoms with Crippen LogP contribution in [0.4, 0.5) is 4.79 Å². The largest absolute Gasteiger partial charge is 0.469 e. The number of carbonyl (C=O) groups is 1. The summed E-state index contributed by atoms with van der Waals surface area (Å²) in [6, 6.07) is 3.65. The number of carbonyl (C=O) groups excluding carboxylic acids is 1. The number of ether oxygens (including phenoxy) is 2. The van der Waals surface area contributed by atoms with Gasteiger partial charge in [-0.15, -0.1) is 0 Å². The van der Waals surface area contributed by atoms with Crippen LogP contribution in [0.5, 0.6) is 0 Å². The Kier molecular flexibility index (Phi) is 4.85. The van der Waals surface area contributed by atoms with E-state index in [0.717, 1.165) is 5.76 Å². The van der Waals surface area contributed by atoms with Gasteiger partial charge < -0.3 is 19.6 Å². The summed E-state index contributed by atoms with van der Waals surface area (Å²) in [5.41, 5.74) is 4.95. The number of nitrogens with two attached hydrogens (primary N) is 1. The molecule has 0 aliphatic carbocycles. The molecule has 1 amide bonds. The molecule has 1 heterocycles. The van der Waals surface area contributed by atoms with Gasteiger partial charge in [-0.1, -0.05) is 6.92 Å². The van der Waals surface area contributed by atoms with Gasteiger partial charge in [-0.25, -0.2) is 4.79 Å². The lowest BCUT2D eigenvalue weighted by molar-refractivity contribution is 0.101. The van der Waals surface area contributed by atoms with E-state index in [4.69, 9.17) is 19.6 Å². The van der Waals surface area contributed by atoms with Crippen molar-refractivity contribution in [3.05, 3.63) is 24.2 Å². The quantitative estimate of drug-likeness (QED) is 0.803. The van der Waals surface area contributed by atoms with Gasteiger partial charge in [0, 0.05) is 13.7 Å². The van der Waals surface area contributed by atoms with Crippen LogP contribution >= 0.6 is 0 Å². The van der Waals surface area contributed by atoms with E-state index < -0.39 is 6.09 Å². The predicted octanol–water partition coefficient (Wildman–Crippen LogP) is 1.74. The summed E-state index contributed by atoms with van der Waals surface area (Å²) < 4.78 is 15.2. The number of primary amides is 1. The molecule has 0 unspecified atom stereocenters. The Labute approximate surface area is 94.5 Å². The molecule has 0 radical (unpaired) electrons. The third kappa shape index (κ3) is 3.58. The van der Waals surface area contributed by atoms with Gasteiger partial charge in [0.05, 0.1) is 12.2 Å². The van der Waals surface area contributed by atoms with Crippen LogP contribution in [0.25, 0.3) is 0 Å². The molecule has 0 aromatic carbocycles. The topological polar surface area (TPSA) is 74.7 Å². The Bertz CT molecular complexity index is 310. The monoisotopic (exact) mass is 227 g/mol. The SMILES string of the molecule is COC[C@@H](C)[C@@H](COC(N)=O)c1ccco1. The molecule has 5 heteroatoms. The standard InChI is InChI=1S/C11H17NO4/c1-8(6-14-2)9(7-16-11(12)13)10-4-3-5-15-10/h3-5,8-9H,6-7H2,1-2H3,(H2,12,13)/t8-,9-/m1/s1. The van der Waals surface area contributed by atoms with Crippen LogP contribution in [-0.4, -0.2) is 26.4 Å². The van der Waals surface area contributed by atoms with Crippen molar-refractivity contribution in [2.24, 2.45) is 11.7 Å². The number of amides is 1. The Morgan fingerprint density at radius 1 is 1.56 bits per heavy atom. The van der Waals surface area contributed by atoms with Crippen molar-refractivity contribution in [1.29, 1.82) is 0 Å². The van der Waals surface area contributed by atoms with E-state index in [1.807, 2.05) is 13.0 Å². The van der Waals surface area contributed by atoms with Gasteiger partial charge in [0.1, 0.15) is 12.4 Å². The van der Waals surface area contributed by atoms with Gasteiger partial charge in [-0.05, 0) is 18.1 Å². The molecule has 1 aromatic heterocycles. The molecular formula is C11H17NO4. The molecular weight excluding hydrogens is 210 g/mol. The zero-order valence-electron chi connectivity index (χ0n) is 9.51. The summed E-state index contributed by atoms with van der Waals surface area (Å²) in [7, 11) is 1.63. The maximum Gasteiger partial charge on any atom is 0.404 e. The van der Waals surface area contributed by atoms with Crippen molar-refractivity contribution >= 4 is 6.09 Å². The van der Waals surface area contributed by atoms with Crippen molar-refractivity contribution in [2.75, 3.05) is 20.3 Å². The second-order valence-corrected chi connectivity index (χ2v) is 3.68. The Balaban J connectivity index is 2.65. The van der Waals surface area contributed by atoms with E-state index >= 15 is 0 Å². The molecule has 2 atom stereocenters. The summed E-state index contributed by atoms with van der Waals surface area (Å²) in [6.45, 7) is 2.77. The van der Waals surface area contributed by atoms with Gasteiger partial charge in [0.25, 0.3) is 0 Å². The molecule has 0 saturated heterocycles. The van der Waals surface area contributed by atoms with Gasteiger partial charge in [-0.2, -0.15) is 0 Å². The highest BCUT2D eigenvalue weighted by molar-refractivity contribution is 5.64. The summed E-state index contributed by atoms with van der Waals surface area (Å²) in [6.07, 6.45) is 0.813. The average Bonchev–Trinajstić information content (AvgIpc) is 2.71. The van der Waals surface area contributed by atoms with Crippen molar-refractivity contribution in [3.63, 3.8) is 0 Å². The van der Waals surface area contributed by atoms with Crippen LogP contribution in [0.15, 0.2) is 22.8 Å². The normalized spacial score (nSPS) is 14.4. The molecule has 0 aliphatic rings.